The molecule has 1 saturated heterocycles. The van der Waals surface area contributed by atoms with E-state index >= 15 is 0 Å². The lowest BCUT2D eigenvalue weighted by molar-refractivity contribution is 0.0725. The van der Waals surface area contributed by atoms with Crippen LogP contribution in [0.3, 0.4) is 0 Å². The summed E-state index contributed by atoms with van der Waals surface area (Å²) in [4.78, 5) is 14.0. The Morgan fingerprint density at radius 2 is 2.29 bits per heavy atom. The third-order valence-electron chi connectivity index (χ3n) is 3.20. The maximum Gasteiger partial charge on any atom is 0.256 e. The van der Waals surface area contributed by atoms with Gasteiger partial charge in [-0.25, -0.2) is 0 Å². The Labute approximate surface area is 101 Å². The van der Waals surface area contributed by atoms with E-state index in [1.54, 1.807) is 18.1 Å². The molecule has 1 amide bonds. The Morgan fingerprint density at radius 1 is 1.53 bits per heavy atom. The lowest BCUT2D eigenvalue weighted by atomic mass is 10.1. The van der Waals surface area contributed by atoms with Crippen molar-refractivity contribution in [2.75, 3.05) is 25.9 Å². The molecule has 0 aromatic heterocycles. The van der Waals surface area contributed by atoms with Crippen molar-refractivity contribution in [1.29, 1.82) is 0 Å². The molecule has 1 aromatic carbocycles. The molecule has 1 atom stereocenters. The minimum atomic E-state index is 0.00190. The Morgan fingerprint density at radius 3 is 2.88 bits per heavy atom. The topological polar surface area (TPSA) is 55.6 Å². The molecule has 0 bridgehead atoms. The van der Waals surface area contributed by atoms with Gasteiger partial charge in [0.1, 0.15) is 0 Å². The Bertz CT molecular complexity index is 431. The van der Waals surface area contributed by atoms with Gasteiger partial charge in [0, 0.05) is 25.9 Å². The molecule has 17 heavy (non-hydrogen) atoms. The molecule has 1 unspecified atom stereocenters. The summed E-state index contributed by atoms with van der Waals surface area (Å²) in [6.45, 7) is 3.36. The van der Waals surface area contributed by atoms with Crippen molar-refractivity contribution in [3.05, 3.63) is 29.3 Å². The molecular formula is C13H18N2O2. The van der Waals surface area contributed by atoms with Gasteiger partial charge in [-0.1, -0.05) is 6.07 Å². The molecule has 1 aliphatic heterocycles. The van der Waals surface area contributed by atoms with Crippen molar-refractivity contribution in [3.8, 4) is 0 Å². The van der Waals surface area contributed by atoms with Gasteiger partial charge in [0.15, 0.2) is 0 Å². The van der Waals surface area contributed by atoms with Crippen molar-refractivity contribution in [2.45, 2.75) is 19.4 Å². The van der Waals surface area contributed by atoms with Crippen LogP contribution in [-0.4, -0.2) is 37.1 Å². The molecule has 2 rings (SSSR count). The van der Waals surface area contributed by atoms with Gasteiger partial charge in [-0.2, -0.15) is 0 Å². The van der Waals surface area contributed by atoms with E-state index in [1.165, 1.54) is 0 Å². The highest BCUT2D eigenvalue weighted by molar-refractivity contribution is 5.99. The average Bonchev–Trinajstić information content (AvgIpc) is 2.76. The number of anilines is 1. The van der Waals surface area contributed by atoms with Crippen LogP contribution >= 0.6 is 0 Å². The number of nitrogens with zero attached hydrogens (tertiary/aromatic N) is 1. The molecule has 4 nitrogen and oxygen atoms in total. The maximum absolute atomic E-state index is 12.2. The second kappa shape index (κ2) is 4.75. The quantitative estimate of drug-likeness (QED) is 0.788. The smallest absolute Gasteiger partial charge is 0.256 e. The van der Waals surface area contributed by atoms with Crippen LogP contribution in [-0.2, 0) is 4.74 Å². The predicted molar refractivity (Wildman–Crippen MR) is 66.9 cm³/mol. The van der Waals surface area contributed by atoms with Crippen LogP contribution < -0.4 is 5.73 Å². The second-order valence-electron chi connectivity index (χ2n) is 4.49. The normalized spacial score (nSPS) is 19.6. The number of amides is 1. The van der Waals surface area contributed by atoms with E-state index in [0.29, 0.717) is 17.8 Å². The summed E-state index contributed by atoms with van der Waals surface area (Å²) in [5.41, 5.74) is 8.09. The number of ether oxygens (including phenoxy) is 1. The van der Waals surface area contributed by atoms with Crippen molar-refractivity contribution in [1.82, 2.24) is 4.90 Å². The van der Waals surface area contributed by atoms with Crippen LogP contribution in [0, 0.1) is 6.92 Å². The molecule has 4 heteroatoms. The minimum absolute atomic E-state index is 0.00190. The number of hydrogen-bond acceptors (Lipinski definition) is 3. The lowest BCUT2D eigenvalue weighted by Gasteiger charge is -2.17. The summed E-state index contributed by atoms with van der Waals surface area (Å²) in [5.74, 6) is 0.00190. The molecule has 0 aliphatic carbocycles. The number of nitrogen functional groups attached to an aromatic ring is 1. The van der Waals surface area contributed by atoms with Gasteiger partial charge < -0.3 is 15.4 Å². The zero-order chi connectivity index (χ0) is 12.4. The van der Waals surface area contributed by atoms with Gasteiger partial charge in [0.25, 0.3) is 5.91 Å². The molecule has 2 N–H and O–H groups in total. The number of methoxy groups -OCH3 is 1. The second-order valence-corrected chi connectivity index (χ2v) is 4.49. The number of carbonyl (C=O) groups excluding carboxylic acids is 1. The first-order valence-electron chi connectivity index (χ1n) is 5.80. The maximum atomic E-state index is 12.2. The monoisotopic (exact) mass is 234 g/mol. The predicted octanol–water partition coefficient (Wildman–Crippen LogP) is 1.44. The standard InChI is InChI=1S/C13H18N2O2/c1-9-3-4-11(12(14)7-9)13(16)15-6-5-10(8-15)17-2/h3-4,7,10H,5-6,8,14H2,1-2H3. The van der Waals surface area contributed by atoms with Crippen LogP contribution in [0.4, 0.5) is 5.69 Å². The zero-order valence-corrected chi connectivity index (χ0v) is 10.3. The fourth-order valence-electron chi connectivity index (χ4n) is 2.15. The first kappa shape index (κ1) is 11.9. The summed E-state index contributed by atoms with van der Waals surface area (Å²) < 4.78 is 5.25. The number of carbonyl (C=O) groups is 1. The molecule has 0 radical (unpaired) electrons. The Balaban J connectivity index is 2.15. The number of hydrogen-bond donors (Lipinski definition) is 1. The molecule has 1 aromatic rings. The molecular weight excluding hydrogens is 216 g/mol. The summed E-state index contributed by atoms with van der Waals surface area (Å²) >= 11 is 0. The fourth-order valence-corrected chi connectivity index (χ4v) is 2.15. The molecule has 0 saturated carbocycles. The number of rotatable bonds is 2. The Hall–Kier alpha value is -1.55. The first-order valence-corrected chi connectivity index (χ1v) is 5.80. The highest BCUT2D eigenvalue weighted by Crippen LogP contribution is 2.20. The minimum Gasteiger partial charge on any atom is -0.398 e. The highest BCUT2D eigenvalue weighted by Gasteiger charge is 2.27. The summed E-state index contributed by atoms with van der Waals surface area (Å²) in [6, 6.07) is 5.54. The van der Waals surface area contributed by atoms with Crippen molar-refractivity contribution < 1.29 is 9.53 Å². The van der Waals surface area contributed by atoms with Crippen LogP contribution in [0.5, 0.6) is 0 Å². The zero-order valence-electron chi connectivity index (χ0n) is 10.3. The van der Waals surface area contributed by atoms with Gasteiger partial charge >= 0.3 is 0 Å². The van der Waals surface area contributed by atoms with Crippen molar-refractivity contribution >= 4 is 11.6 Å². The average molecular weight is 234 g/mol. The molecule has 1 heterocycles. The van der Waals surface area contributed by atoms with Gasteiger partial charge in [-0.3, -0.25) is 4.79 Å². The fraction of sp³-hybridized carbons (Fsp3) is 0.462. The Kier molecular flexibility index (Phi) is 3.33. The first-order chi connectivity index (χ1) is 8.11. The van der Waals surface area contributed by atoms with Crippen LogP contribution in [0.1, 0.15) is 22.3 Å². The molecule has 0 spiro atoms. The van der Waals surface area contributed by atoms with Gasteiger partial charge in [-0.15, -0.1) is 0 Å². The summed E-state index contributed by atoms with van der Waals surface area (Å²) in [5, 5.41) is 0. The summed E-state index contributed by atoms with van der Waals surface area (Å²) in [7, 11) is 1.68. The SMILES string of the molecule is COC1CCN(C(=O)c2ccc(C)cc2N)C1. The number of likely N-dealkylation sites (tertiary alicyclic amines) is 1. The third kappa shape index (κ3) is 2.42. The van der Waals surface area contributed by atoms with Gasteiger partial charge in [-0.05, 0) is 31.0 Å². The molecule has 1 fully saturated rings. The van der Waals surface area contributed by atoms with E-state index in [9.17, 15) is 4.79 Å². The van der Waals surface area contributed by atoms with E-state index in [2.05, 4.69) is 0 Å². The number of nitrogens with two attached hydrogens (primary N) is 1. The van der Waals surface area contributed by atoms with E-state index in [0.717, 1.165) is 18.5 Å². The van der Waals surface area contributed by atoms with Gasteiger partial charge in [0.05, 0.1) is 11.7 Å². The van der Waals surface area contributed by atoms with Gasteiger partial charge in [0.2, 0.25) is 0 Å². The van der Waals surface area contributed by atoms with Crippen LogP contribution in [0.2, 0.25) is 0 Å². The number of aryl methyl sites for hydroxylation is 1. The highest BCUT2D eigenvalue weighted by atomic mass is 16.5. The third-order valence-corrected chi connectivity index (χ3v) is 3.20. The summed E-state index contributed by atoms with van der Waals surface area (Å²) in [6.07, 6.45) is 1.05. The number of benzene rings is 1. The van der Waals surface area contributed by atoms with Crippen molar-refractivity contribution in [3.63, 3.8) is 0 Å². The lowest BCUT2D eigenvalue weighted by Crippen LogP contribution is -2.30. The van der Waals surface area contributed by atoms with Crippen LogP contribution in [0.25, 0.3) is 0 Å². The molecule has 1 aliphatic rings. The largest absolute Gasteiger partial charge is 0.398 e. The van der Waals surface area contributed by atoms with E-state index in [1.807, 2.05) is 19.1 Å². The van der Waals surface area contributed by atoms with E-state index < -0.39 is 0 Å². The van der Waals surface area contributed by atoms with Crippen LogP contribution in [0.15, 0.2) is 18.2 Å². The van der Waals surface area contributed by atoms with E-state index in [-0.39, 0.29) is 12.0 Å². The molecule has 92 valence electrons. The van der Waals surface area contributed by atoms with Crippen molar-refractivity contribution in [2.24, 2.45) is 0 Å². The van der Waals surface area contributed by atoms with E-state index in [4.69, 9.17) is 10.5 Å².